The van der Waals surface area contributed by atoms with E-state index in [1.54, 1.807) is 30.3 Å². The molecule has 10 heteroatoms. The zero-order valence-corrected chi connectivity index (χ0v) is 17.3. The number of ether oxygens (including phenoxy) is 1. The first kappa shape index (κ1) is 21.8. The molecule has 3 aromatic rings. The molecule has 0 heterocycles. The highest BCUT2D eigenvalue weighted by Gasteiger charge is 2.27. The Labute approximate surface area is 179 Å². The third kappa shape index (κ3) is 5.17. The SMILES string of the molecule is COc1ccc(S(=O)(=O)N(CC(=O)Nc2cccc([N+](=O)[O-])c2)c2ccccc2)cc1. The van der Waals surface area contributed by atoms with Crippen molar-refractivity contribution in [3.63, 3.8) is 0 Å². The molecule has 0 spiro atoms. The van der Waals surface area contributed by atoms with Crippen molar-refractivity contribution in [2.75, 3.05) is 23.3 Å². The Hall–Kier alpha value is -3.92. The average Bonchev–Trinajstić information content (AvgIpc) is 2.78. The van der Waals surface area contributed by atoms with E-state index in [1.807, 2.05) is 0 Å². The van der Waals surface area contributed by atoms with Gasteiger partial charge in [-0.2, -0.15) is 0 Å². The second kappa shape index (κ2) is 9.26. The maximum Gasteiger partial charge on any atom is 0.271 e. The lowest BCUT2D eigenvalue weighted by Crippen LogP contribution is -2.38. The summed E-state index contributed by atoms with van der Waals surface area (Å²) in [6.07, 6.45) is 0. The molecule has 0 saturated carbocycles. The van der Waals surface area contributed by atoms with Crippen LogP contribution < -0.4 is 14.4 Å². The van der Waals surface area contributed by atoms with E-state index in [2.05, 4.69) is 5.32 Å². The molecule has 0 bridgehead atoms. The summed E-state index contributed by atoms with van der Waals surface area (Å²) < 4.78 is 32.6. The van der Waals surface area contributed by atoms with Gasteiger partial charge >= 0.3 is 0 Å². The second-order valence-corrected chi connectivity index (χ2v) is 8.24. The lowest BCUT2D eigenvalue weighted by Gasteiger charge is -2.24. The first-order valence-electron chi connectivity index (χ1n) is 9.07. The van der Waals surface area contributed by atoms with E-state index >= 15 is 0 Å². The molecule has 0 saturated heterocycles. The number of nitro benzene ring substituents is 1. The quantitative estimate of drug-likeness (QED) is 0.422. The highest BCUT2D eigenvalue weighted by molar-refractivity contribution is 7.92. The van der Waals surface area contributed by atoms with Gasteiger partial charge in [0.1, 0.15) is 12.3 Å². The van der Waals surface area contributed by atoms with Crippen LogP contribution in [0.15, 0.2) is 83.8 Å². The van der Waals surface area contributed by atoms with Crippen molar-refractivity contribution < 1.29 is 22.9 Å². The fraction of sp³-hybridized carbons (Fsp3) is 0.0952. The lowest BCUT2D eigenvalue weighted by atomic mass is 10.3. The van der Waals surface area contributed by atoms with Crippen LogP contribution in [0.25, 0.3) is 0 Å². The Balaban J connectivity index is 1.90. The molecule has 160 valence electrons. The third-order valence-corrected chi connectivity index (χ3v) is 6.11. The van der Waals surface area contributed by atoms with Crippen LogP contribution in [0.1, 0.15) is 0 Å². The summed E-state index contributed by atoms with van der Waals surface area (Å²) in [5.41, 5.74) is 0.296. The standard InChI is InChI=1S/C21H19N3O6S/c1-30-19-10-12-20(13-11-19)31(28,29)23(17-7-3-2-4-8-17)15-21(25)22-16-6-5-9-18(14-16)24(26)27/h2-14H,15H2,1H3,(H,22,25). The number of nitrogens with one attached hydrogen (secondary N) is 1. The van der Waals surface area contributed by atoms with Crippen LogP contribution in [0, 0.1) is 10.1 Å². The number of rotatable bonds is 8. The van der Waals surface area contributed by atoms with Crippen molar-refractivity contribution in [2.45, 2.75) is 4.90 Å². The minimum absolute atomic E-state index is 0.0136. The second-order valence-electron chi connectivity index (χ2n) is 6.38. The smallest absolute Gasteiger partial charge is 0.271 e. The lowest BCUT2D eigenvalue weighted by molar-refractivity contribution is -0.384. The number of carbonyl (C=O) groups excluding carboxylic acids is 1. The molecule has 0 fully saturated rings. The Morgan fingerprint density at radius 2 is 1.71 bits per heavy atom. The van der Waals surface area contributed by atoms with Crippen molar-refractivity contribution in [1.29, 1.82) is 0 Å². The minimum Gasteiger partial charge on any atom is -0.497 e. The molecular formula is C21H19N3O6S. The van der Waals surface area contributed by atoms with E-state index in [9.17, 15) is 23.3 Å². The molecule has 31 heavy (non-hydrogen) atoms. The van der Waals surface area contributed by atoms with Gasteiger partial charge in [-0.25, -0.2) is 8.42 Å². The van der Waals surface area contributed by atoms with Crippen LogP contribution in [0.2, 0.25) is 0 Å². The predicted octanol–water partition coefficient (Wildman–Crippen LogP) is 3.44. The molecule has 1 amide bonds. The fourth-order valence-corrected chi connectivity index (χ4v) is 4.23. The van der Waals surface area contributed by atoms with Gasteiger partial charge in [-0.1, -0.05) is 24.3 Å². The van der Waals surface area contributed by atoms with E-state index in [4.69, 9.17) is 4.74 Å². The Kier molecular flexibility index (Phi) is 6.51. The number of nitrogens with zero attached hydrogens (tertiary/aromatic N) is 2. The summed E-state index contributed by atoms with van der Waals surface area (Å²) in [6, 6.07) is 19.4. The number of nitro groups is 1. The number of methoxy groups -OCH3 is 1. The van der Waals surface area contributed by atoms with E-state index < -0.39 is 27.4 Å². The van der Waals surface area contributed by atoms with E-state index in [0.717, 1.165) is 4.31 Å². The van der Waals surface area contributed by atoms with E-state index in [1.165, 1.54) is 55.6 Å². The van der Waals surface area contributed by atoms with Gasteiger partial charge in [0, 0.05) is 17.8 Å². The van der Waals surface area contributed by atoms with Gasteiger partial charge in [0.25, 0.3) is 15.7 Å². The number of para-hydroxylation sites is 1. The zero-order chi connectivity index (χ0) is 22.4. The first-order valence-corrected chi connectivity index (χ1v) is 10.5. The minimum atomic E-state index is -4.08. The van der Waals surface area contributed by atoms with Crippen LogP contribution in [0.5, 0.6) is 5.75 Å². The topological polar surface area (TPSA) is 119 Å². The zero-order valence-electron chi connectivity index (χ0n) is 16.5. The largest absolute Gasteiger partial charge is 0.497 e. The number of anilines is 2. The number of carbonyl (C=O) groups is 1. The summed E-state index contributed by atoms with van der Waals surface area (Å²) >= 11 is 0. The van der Waals surface area contributed by atoms with Crippen LogP contribution >= 0.6 is 0 Å². The maximum absolute atomic E-state index is 13.3. The number of benzene rings is 3. The van der Waals surface area contributed by atoms with Gasteiger partial charge < -0.3 is 10.1 Å². The van der Waals surface area contributed by atoms with Crippen molar-refractivity contribution in [1.82, 2.24) is 0 Å². The van der Waals surface area contributed by atoms with Crippen molar-refractivity contribution in [2.24, 2.45) is 0 Å². The van der Waals surface area contributed by atoms with Gasteiger partial charge in [-0.3, -0.25) is 19.2 Å². The molecule has 0 aliphatic rings. The molecular weight excluding hydrogens is 422 g/mol. The summed E-state index contributed by atoms with van der Waals surface area (Å²) in [7, 11) is -2.61. The summed E-state index contributed by atoms with van der Waals surface area (Å²) in [5.74, 6) is -0.157. The predicted molar refractivity (Wildman–Crippen MR) is 116 cm³/mol. The van der Waals surface area contributed by atoms with Crippen molar-refractivity contribution >= 4 is 33.0 Å². The van der Waals surface area contributed by atoms with E-state index in [0.29, 0.717) is 11.4 Å². The highest BCUT2D eigenvalue weighted by atomic mass is 32.2. The molecule has 3 rings (SSSR count). The molecule has 9 nitrogen and oxygen atoms in total. The number of hydrogen-bond acceptors (Lipinski definition) is 6. The van der Waals surface area contributed by atoms with Gasteiger partial charge in [-0.15, -0.1) is 0 Å². The molecule has 0 atom stereocenters. The molecule has 0 aliphatic heterocycles. The monoisotopic (exact) mass is 441 g/mol. The maximum atomic E-state index is 13.3. The number of hydrogen-bond donors (Lipinski definition) is 1. The van der Waals surface area contributed by atoms with Crippen LogP contribution in [0.3, 0.4) is 0 Å². The van der Waals surface area contributed by atoms with Gasteiger partial charge in [0.15, 0.2) is 0 Å². The van der Waals surface area contributed by atoms with Crippen LogP contribution in [0.4, 0.5) is 17.1 Å². The number of amides is 1. The molecule has 0 unspecified atom stereocenters. The Bertz CT molecular complexity index is 1180. The van der Waals surface area contributed by atoms with Crippen LogP contribution in [-0.2, 0) is 14.8 Å². The third-order valence-electron chi connectivity index (χ3n) is 4.32. The summed E-state index contributed by atoms with van der Waals surface area (Å²) in [4.78, 5) is 23.0. The highest BCUT2D eigenvalue weighted by Crippen LogP contribution is 2.25. The molecule has 1 N–H and O–H groups in total. The van der Waals surface area contributed by atoms with Gasteiger partial charge in [0.2, 0.25) is 5.91 Å². The summed E-state index contributed by atoms with van der Waals surface area (Å²) in [5, 5.41) is 13.4. The Morgan fingerprint density at radius 3 is 2.32 bits per heavy atom. The number of non-ortho nitro benzene ring substituents is 1. The van der Waals surface area contributed by atoms with Gasteiger partial charge in [0.05, 0.1) is 22.6 Å². The fourth-order valence-electron chi connectivity index (χ4n) is 2.81. The first-order chi connectivity index (χ1) is 14.8. The average molecular weight is 441 g/mol. The molecule has 3 aromatic carbocycles. The van der Waals surface area contributed by atoms with Crippen LogP contribution in [-0.4, -0.2) is 32.9 Å². The molecule has 0 radical (unpaired) electrons. The van der Waals surface area contributed by atoms with Crippen molar-refractivity contribution in [3.05, 3.63) is 89.0 Å². The normalized spacial score (nSPS) is 10.9. The van der Waals surface area contributed by atoms with E-state index in [-0.39, 0.29) is 16.3 Å². The summed E-state index contributed by atoms with van der Waals surface area (Å²) in [6.45, 7) is -0.527. The number of sulfonamides is 1. The molecule has 0 aromatic heterocycles. The van der Waals surface area contributed by atoms with Crippen molar-refractivity contribution in [3.8, 4) is 5.75 Å². The Morgan fingerprint density at radius 1 is 1.03 bits per heavy atom. The molecule has 0 aliphatic carbocycles. The van der Waals surface area contributed by atoms with Gasteiger partial charge in [-0.05, 0) is 42.5 Å².